The first-order valence-corrected chi connectivity index (χ1v) is 4.08. The fraction of sp³-hybridized carbons (Fsp3) is 0.750. The Balaban J connectivity index is 4.09. The van der Waals surface area contributed by atoms with Gasteiger partial charge in [0.1, 0.15) is 12.1 Å². The molecule has 0 spiro atoms. The van der Waals surface area contributed by atoms with Crippen molar-refractivity contribution < 1.29 is 19.4 Å². The summed E-state index contributed by atoms with van der Waals surface area (Å²) >= 11 is 0. The molecule has 0 bridgehead atoms. The lowest BCUT2D eigenvalue weighted by molar-refractivity contribution is -0.143. The van der Waals surface area contributed by atoms with Gasteiger partial charge in [0.25, 0.3) is 0 Å². The molecule has 76 valence electrons. The van der Waals surface area contributed by atoms with Gasteiger partial charge in [0.05, 0.1) is 0 Å². The van der Waals surface area contributed by atoms with Crippen LogP contribution >= 0.6 is 0 Å². The monoisotopic (exact) mass is 189 g/mol. The van der Waals surface area contributed by atoms with Crippen LogP contribution in [-0.2, 0) is 14.3 Å². The van der Waals surface area contributed by atoms with Gasteiger partial charge in [0.2, 0.25) is 5.91 Å². The molecule has 0 heterocycles. The number of hydrogen-bond acceptors (Lipinski definition) is 3. The molecule has 0 aliphatic heterocycles. The van der Waals surface area contributed by atoms with Crippen LogP contribution in [0.5, 0.6) is 0 Å². The van der Waals surface area contributed by atoms with E-state index in [2.05, 4.69) is 5.32 Å². The summed E-state index contributed by atoms with van der Waals surface area (Å²) in [5.41, 5.74) is 0. The van der Waals surface area contributed by atoms with E-state index in [1.165, 1.54) is 7.11 Å². The van der Waals surface area contributed by atoms with Crippen molar-refractivity contribution in [2.45, 2.75) is 32.4 Å². The van der Waals surface area contributed by atoms with Crippen molar-refractivity contribution in [1.82, 2.24) is 5.32 Å². The molecule has 2 atom stereocenters. The summed E-state index contributed by atoms with van der Waals surface area (Å²) in [7, 11) is 1.39. The van der Waals surface area contributed by atoms with Crippen molar-refractivity contribution in [2.75, 3.05) is 7.11 Å². The van der Waals surface area contributed by atoms with E-state index in [4.69, 9.17) is 9.84 Å². The Morgan fingerprint density at radius 3 is 2.38 bits per heavy atom. The smallest absolute Gasteiger partial charge is 0.326 e. The molecule has 0 aliphatic rings. The van der Waals surface area contributed by atoms with Crippen LogP contribution in [0.1, 0.15) is 20.3 Å². The van der Waals surface area contributed by atoms with Gasteiger partial charge < -0.3 is 15.2 Å². The normalized spacial score (nSPS) is 14.7. The zero-order valence-corrected chi connectivity index (χ0v) is 8.03. The van der Waals surface area contributed by atoms with E-state index in [9.17, 15) is 9.59 Å². The van der Waals surface area contributed by atoms with E-state index in [1.54, 1.807) is 13.8 Å². The highest BCUT2D eigenvalue weighted by Crippen LogP contribution is 1.94. The zero-order valence-electron chi connectivity index (χ0n) is 8.03. The second kappa shape index (κ2) is 5.53. The predicted molar refractivity (Wildman–Crippen MR) is 46.3 cm³/mol. The van der Waals surface area contributed by atoms with Gasteiger partial charge in [0.15, 0.2) is 0 Å². The Morgan fingerprint density at radius 2 is 2.08 bits per heavy atom. The Labute approximate surface area is 77.1 Å². The van der Waals surface area contributed by atoms with Crippen LogP contribution in [0, 0.1) is 0 Å². The Morgan fingerprint density at radius 1 is 1.54 bits per heavy atom. The molecule has 0 rings (SSSR count). The molecule has 0 saturated heterocycles. The number of nitrogens with one attached hydrogen (secondary N) is 1. The molecule has 0 aliphatic carbocycles. The van der Waals surface area contributed by atoms with E-state index in [1.807, 2.05) is 0 Å². The fourth-order valence-corrected chi connectivity index (χ4v) is 0.735. The first-order chi connectivity index (χ1) is 6.02. The number of amides is 1. The number of hydrogen-bond donors (Lipinski definition) is 2. The van der Waals surface area contributed by atoms with Gasteiger partial charge in [-0.05, 0) is 13.3 Å². The number of aliphatic carboxylic acids is 1. The molecule has 2 N–H and O–H groups in total. The molecule has 0 saturated carbocycles. The molecule has 1 unspecified atom stereocenters. The van der Waals surface area contributed by atoms with Gasteiger partial charge in [-0.25, -0.2) is 4.79 Å². The Hall–Kier alpha value is -1.10. The van der Waals surface area contributed by atoms with Gasteiger partial charge in [-0.2, -0.15) is 0 Å². The second-order valence-electron chi connectivity index (χ2n) is 2.69. The van der Waals surface area contributed by atoms with Crippen LogP contribution in [0.4, 0.5) is 0 Å². The molecule has 0 aromatic heterocycles. The van der Waals surface area contributed by atoms with Crippen LogP contribution < -0.4 is 5.32 Å². The average molecular weight is 189 g/mol. The number of carboxylic acids is 1. The molecular weight excluding hydrogens is 174 g/mol. The van der Waals surface area contributed by atoms with E-state index >= 15 is 0 Å². The van der Waals surface area contributed by atoms with Crippen molar-refractivity contribution in [2.24, 2.45) is 0 Å². The highest BCUT2D eigenvalue weighted by Gasteiger charge is 2.20. The Bertz CT molecular complexity index is 193. The van der Waals surface area contributed by atoms with Crippen LogP contribution in [0.2, 0.25) is 0 Å². The van der Waals surface area contributed by atoms with Gasteiger partial charge in [-0.1, -0.05) is 6.92 Å². The van der Waals surface area contributed by atoms with Gasteiger partial charge in [-0.15, -0.1) is 0 Å². The van der Waals surface area contributed by atoms with Crippen molar-refractivity contribution in [3.63, 3.8) is 0 Å². The van der Waals surface area contributed by atoms with Crippen molar-refractivity contribution in [1.29, 1.82) is 0 Å². The molecule has 0 radical (unpaired) electrons. The fourth-order valence-electron chi connectivity index (χ4n) is 0.735. The summed E-state index contributed by atoms with van der Waals surface area (Å²) in [5.74, 6) is -1.43. The maximum Gasteiger partial charge on any atom is 0.326 e. The quantitative estimate of drug-likeness (QED) is 0.638. The lowest BCUT2D eigenvalue weighted by atomic mass is 10.2. The standard InChI is InChI=1S/C8H15NO4/c1-4-6(8(11)12)9-7(10)5(2)13-3/h5-6H,4H2,1-3H3,(H,9,10)(H,11,12)/t5?,6-/m0/s1. The van der Waals surface area contributed by atoms with Crippen molar-refractivity contribution in [3.05, 3.63) is 0 Å². The molecule has 0 fully saturated rings. The van der Waals surface area contributed by atoms with Crippen molar-refractivity contribution in [3.8, 4) is 0 Å². The molecule has 5 nitrogen and oxygen atoms in total. The molecular formula is C8H15NO4. The summed E-state index contributed by atoms with van der Waals surface area (Å²) in [4.78, 5) is 21.7. The average Bonchev–Trinajstić information content (AvgIpc) is 2.11. The van der Waals surface area contributed by atoms with Gasteiger partial charge >= 0.3 is 5.97 Å². The Kier molecular flexibility index (Phi) is 5.06. The van der Waals surface area contributed by atoms with Crippen LogP contribution in [0.25, 0.3) is 0 Å². The van der Waals surface area contributed by atoms with Gasteiger partial charge in [-0.3, -0.25) is 4.79 Å². The lowest BCUT2D eigenvalue weighted by Gasteiger charge is -2.15. The molecule has 5 heteroatoms. The minimum Gasteiger partial charge on any atom is -0.480 e. The maximum absolute atomic E-state index is 11.1. The second-order valence-corrected chi connectivity index (χ2v) is 2.69. The summed E-state index contributed by atoms with van der Waals surface area (Å²) in [5, 5.41) is 11.0. The number of carbonyl (C=O) groups excluding carboxylic acids is 1. The third kappa shape index (κ3) is 3.89. The number of carbonyl (C=O) groups is 2. The highest BCUT2D eigenvalue weighted by atomic mass is 16.5. The third-order valence-corrected chi connectivity index (χ3v) is 1.75. The number of carboxylic acid groups (broad SMARTS) is 1. The lowest BCUT2D eigenvalue weighted by Crippen LogP contribution is -2.44. The molecule has 0 aromatic rings. The minimum absolute atomic E-state index is 0.359. The van der Waals surface area contributed by atoms with E-state index in [0.29, 0.717) is 6.42 Å². The first kappa shape index (κ1) is 11.9. The summed E-state index contributed by atoms with van der Waals surface area (Å²) < 4.78 is 4.73. The molecule has 1 amide bonds. The summed E-state index contributed by atoms with van der Waals surface area (Å²) in [6, 6.07) is -0.829. The number of methoxy groups -OCH3 is 1. The zero-order chi connectivity index (χ0) is 10.4. The molecule has 0 aromatic carbocycles. The first-order valence-electron chi connectivity index (χ1n) is 4.08. The van der Waals surface area contributed by atoms with Crippen molar-refractivity contribution >= 4 is 11.9 Å². The maximum atomic E-state index is 11.1. The minimum atomic E-state index is -1.03. The summed E-state index contributed by atoms with van der Waals surface area (Å²) in [6.45, 7) is 3.25. The van der Waals surface area contributed by atoms with E-state index in [-0.39, 0.29) is 0 Å². The van der Waals surface area contributed by atoms with Crippen LogP contribution in [0.3, 0.4) is 0 Å². The number of rotatable bonds is 5. The topological polar surface area (TPSA) is 75.6 Å². The predicted octanol–water partition coefficient (Wildman–Crippen LogP) is 0.000700. The largest absolute Gasteiger partial charge is 0.480 e. The van der Waals surface area contributed by atoms with E-state index < -0.39 is 24.0 Å². The SMILES string of the molecule is CC[C@H](NC(=O)C(C)OC)C(=O)O. The van der Waals surface area contributed by atoms with Gasteiger partial charge in [0, 0.05) is 7.11 Å². The summed E-state index contributed by atoms with van der Waals surface area (Å²) in [6.07, 6.45) is -0.259. The third-order valence-electron chi connectivity index (χ3n) is 1.75. The highest BCUT2D eigenvalue weighted by molar-refractivity contribution is 5.85. The number of ether oxygens (including phenoxy) is 1. The van der Waals surface area contributed by atoms with E-state index in [0.717, 1.165) is 0 Å². The molecule has 13 heavy (non-hydrogen) atoms. The van der Waals surface area contributed by atoms with Crippen LogP contribution in [0.15, 0.2) is 0 Å². The van der Waals surface area contributed by atoms with Crippen LogP contribution in [-0.4, -0.2) is 36.2 Å².